The first-order valence-corrected chi connectivity index (χ1v) is 9.43. The molecule has 0 unspecified atom stereocenters. The molecule has 3 heterocycles. The van der Waals surface area contributed by atoms with Crippen molar-refractivity contribution in [2.45, 2.75) is 13.8 Å². The summed E-state index contributed by atoms with van der Waals surface area (Å²) in [6.45, 7) is 6.67. The highest BCUT2D eigenvalue weighted by molar-refractivity contribution is 6.33. The number of pyridine rings is 1. The highest BCUT2D eigenvalue weighted by Gasteiger charge is 2.26. The lowest BCUT2D eigenvalue weighted by molar-refractivity contribution is 0.0748. The number of halogens is 1. The minimum absolute atomic E-state index is 0.0420. The van der Waals surface area contributed by atoms with E-state index < -0.39 is 0 Å². The van der Waals surface area contributed by atoms with Gasteiger partial charge in [0.2, 0.25) is 0 Å². The third-order valence-corrected chi connectivity index (χ3v) is 5.41. The summed E-state index contributed by atoms with van der Waals surface area (Å²) in [5, 5.41) is 6.04. The average molecular weight is 384 g/mol. The van der Waals surface area contributed by atoms with Crippen LogP contribution < -0.4 is 4.90 Å². The van der Waals surface area contributed by atoms with Crippen molar-refractivity contribution in [1.29, 1.82) is 0 Å². The van der Waals surface area contributed by atoms with Gasteiger partial charge in [0.1, 0.15) is 0 Å². The largest absolute Gasteiger partial charge is 0.367 e. The fourth-order valence-corrected chi connectivity index (χ4v) is 4.02. The predicted octanol–water partition coefficient (Wildman–Crippen LogP) is 3.20. The SMILES string of the molecule is Cc1cc(C(=O)N2CCN(c3ccccc3Cl)CC2)c2c(C)nn(C)c2n1. The standard InChI is InChI=1S/C20H22ClN5O/c1-13-12-15(18-14(2)23-24(3)19(18)22-13)20(27)26-10-8-25(9-11-26)17-7-5-4-6-16(17)21/h4-7,12H,8-11H2,1-3H3. The predicted molar refractivity (Wildman–Crippen MR) is 108 cm³/mol. The second-order valence-corrected chi connectivity index (χ2v) is 7.36. The van der Waals surface area contributed by atoms with E-state index in [1.807, 2.05) is 56.1 Å². The van der Waals surface area contributed by atoms with E-state index in [1.165, 1.54) is 0 Å². The van der Waals surface area contributed by atoms with Crippen LogP contribution in [0.5, 0.6) is 0 Å². The molecule has 1 aliphatic heterocycles. The Labute approximate surface area is 163 Å². The molecule has 27 heavy (non-hydrogen) atoms. The zero-order valence-electron chi connectivity index (χ0n) is 15.7. The molecule has 0 N–H and O–H groups in total. The van der Waals surface area contributed by atoms with E-state index in [4.69, 9.17) is 11.6 Å². The summed E-state index contributed by atoms with van der Waals surface area (Å²) in [5.41, 5.74) is 4.12. The maximum absolute atomic E-state index is 13.3. The molecule has 1 aliphatic rings. The zero-order chi connectivity index (χ0) is 19.1. The number of hydrogen-bond acceptors (Lipinski definition) is 4. The molecule has 2 aromatic heterocycles. The highest BCUT2D eigenvalue weighted by Crippen LogP contribution is 2.27. The molecule has 1 aromatic carbocycles. The fraction of sp³-hybridized carbons (Fsp3) is 0.350. The molecule has 0 bridgehead atoms. The summed E-state index contributed by atoms with van der Waals surface area (Å²) in [7, 11) is 1.86. The number of anilines is 1. The Hall–Kier alpha value is -2.60. The number of hydrogen-bond donors (Lipinski definition) is 0. The fourth-order valence-electron chi connectivity index (χ4n) is 3.77. The molecule has 4 rings (SSSR count). The minimum Gasteiger partial charge on any atom is -0.367 e. The van der Waals surface area contributed by atoms with E-state index in [1.54, 1.807) is 4.68 Å². The van der Waals surface area contributed by atoms with Crippen molar-refractivity contribution >= 4 is 34.2 Å². The van der Waals surface area contributed by atoms with Gasteiger partial charge in [0.15, 0.2) is 5.65 Å². The van der Waals surface area contributed by atoms with Crippen molar-refractivity contribution in [2.24, 2.45) is 7.05 Å². The van der Waals surface area contributed by atoms with Gasteiger partial charge in [-0.05, 0) is 32.0 Å². The molecular weight excluding hydrogens is 362 g/mol. The number of para-hydroxylation sites is 1. The van der Waals surface area contributed by atoms with Crippen molar-refractivity contribution in [3.05, 3.63) is 52.3 Å². The maximum atomic E-state index is 13.3. The second kappa shape index (κ2) is 6.85. The van der Waals surface area contributed by atoms with Crippen molar-refractivity contribution < 1.29 is 4.79 Å². The molecule has 0 spiro atoms. The third-order valence-electron chi connectivity index (χ3n) is 5.09. The van der Waals surface area contributed by atoms with Crippen LogP contribution in [0.3, 0.4) is 0 Å². The number of piperazine rings is 1. The maximum Gasteiger partial charge on any atom is 0.254 e. The molecule has 6 nitrogen and oxygen atoms in total. The lowest BCUT2D eigenvalue weighted by Crippen LogP contribution is -2.49. The number of amides is 1. The van der Waals surface area contributed by atoms with Gasteiger partial charge >= 0.3 is 0 Å². The Balaban J connectivity index is 1.59. The molecular formula is C20H22ClN5O. The van der Waals surface area contributed by atoms with Gasteiger partial charge in [-0.2, -0.15) is 5.10 Å². The molecule has 3 aromatic rings. The monoisotopic (exact) mass is 383 g/mol. The van der Waals surface area contributed by atoms with Gasteiger partial charge in [-0.3, -0.25) is 9.48 Å². The Bertz CT molecular complexity index is 1020. The summed E-state index contributed by atoms with van der Waals surface area (Å²) in [6, 6.07) is 9.71. The lowest BCUT2D eigenvalue weighted by Gasteiger charge is -2.36. The molecule has 0 radical (unpaired) electrons. The van der Waals surface area contributed by atoms with E-state index in [-0.39, 0.29) is 5.91 Å². The van der Waals surface area contributed by atoms with Crippen LogP contribution in [0, 0.1) is 13.8 Å². The number of rotatable bonds is 2. The number of aryl methyl sites for hydroxylation is 3. The summed E-state index contributed by atoms with van der Waals surface area (Å²) in [6.07, 6.45) is 0. The lowest BCUT2D eigenvalue weighted by atomic mass is 10.1. The van der Waals surface area contributed by atoms with Crippen LogP contribution in [-0.2, 0) is 7.05 Å². The van der Waals surface area contributed by atoms with Crippen molar-refractivity contribution in [2.75, 3.05) is 31.1 Å². The van der Waals surface area contributed by atoms with Crippen LogP contribution in [0.4, 0.5) is 5.69 Å². The van der Waals surface area contributed by atoms with E-state index >= 15 is 0 Å². The number of benzene rings is 1. The number of carbonyl (C=O) groups excluding carboxylic acids is 1. The Morgan fingerprint density at radius 2 is 1.81 bits per heavy atom. The van der Waals surface area contributed by atoms with Gasteiger partial charge in [-0.1, -0.05) is 23.7 Å². The molecule has 1 amide bonds. The van der Waals surface area contributed by atoms with E-state index in [0.29, 0.717) is 18.7 Å². The van der Waals surface area contributed by atoms with E-state index in [9.17, 15) is 4.79 Å². The molecule has 7 heteroatoms. The van der Waals surface area contributed by atoms with Gasteiger partial charge in [-0.15, -0.1) is 0 Å². The van der Waals surface area contributed by atoms with Crippen LogP contribution in [0.2, 0.25) is 5.02 Å². The second-order valence-electron chi connectivity index (χ2n) is 6.95. The molecule has 0 aliphatic carbocycles. The van der Waals surface area contributed by atoms with Crippen LogP contribution >= 0.6 is 11.6 Å². The van der Waals surface area contributed by atoms with Crippen molar-refractivity contribution in [3.63, 3.8) is 0 Å². The zero-order valence-corrected chi connectivity index (χ0v) is 16.5. The van der Waals surface area contributed by atoms with Crippen LogP contribution in [-0.4, -0.2) is 51.8 Å². The smallest absolute Gasteiger partial charge is 0.254 e. The highest BCUT2D eigenvalue weighted by atomic mass is 35.5. The molecule has 1 saturated heterocycles. The van der Waals surface area contributed by atoms with Crippen molar-refractivity contribution in [3.8, 4) is 0 Å². The van der Waals surface area contributed by atoms with Crippen LogP contribution in [0.25, 0.3) is 11.0 Å². The summed E-state index contributed by atoms with van der Waals surface area (Å²) < 4.78 is 1.74. The van der Waals surface area contributed by atoms with Gasteiger partial charge in [0, 0.05) is 38.9 Å². The van der Waals surface area contributed by atoms with Crippen LogP contribution in [0.15, 0.2) is 30.3 Å². The first-order chi connectivity index (χ1) is 13.0. The Morgan fingerprint density at radius 1 is 1.11 bits per heavy atom. The third kappa shape index (κ3) is 3.14. The van der Waals surface area contributed by atoms with Gasteiger partial charge in [0.05, 0.1) is 27.4 Å². The van der Waals surface area contributed by atoms with Crippen LogP contribution in [0.1, 0.15) is 21.7 Å². The first kappa shape index (κ1) is 17.8. The Kier molecular flexibility index (Phi) is 4.52. The topological polar surface area (TPSA) is 54.3 Å². The van der Waals surface area contributed by atoms with Gasteiger partial charge < -0.3 is 9.80 Å². The van der Waals surface area contributed by atoms with E-state index in [0.717, 1.165) is 46.2 Å². The quantitative estimate of drug-likeness (QED) is 0.682. The summed E-state index contributed by atoms with van der Waals surface area (Å²) in [5.74, 6) is 0.0420. The molecule has 140 valence electrons. The molecule has 1 fully saturated rings. The summed E-state index contributed by atoms with van der Waals surface area (Å²) >= 11 is 6.32. The number of nitrogens with zero attached hydrogens (tertiary/aromatic N) is 5. The van der Waals surface area contributed by atoms with E-state index in [2.05, 4.69) is 15.0 Å². The summed E-state index contributed by atoms with van der Waals surface area (Å²) in [4.78, 5) is 21.9. The number of carbonyl (C=O) groups is 1. The number of fused-ring (bicyclic) bond motifs is 1. The Morgan fingerprint density at radius 3 is 2.52 bits per heavy atom. The van der Waals surface area contributed by atoms with Gasteiger partial charge in [-0.25, -0.2) is 4.98 Å². The minimum atomic E-state index is 0.0420. The molecule has 0 atom stereocenters. The van der Waals surface area contributed by atoms with Crippen molar-refractivity contribution in [1.82, 2.24) is 19.7 Å². The normalized spacial score (nSPS) is 14.8. The molecule has 0 saturated carbocycles. The average Bonchev–Trinajstić information content (AvgIpc) is 2.95. The first-order valence-electron chi connectivity index (χ1n) is 9.05. The van der Waals surface area contributed by atoms with Gasteiger partial charge in [0.25, 0.3) is 5.91 Å². The number of aromatic nitrogens is 3.